The zero-order chi connectivity index (χ0) is 12.3. The predicted octanol–water partition coefficient (Wildman–Crippen LogP) is 1.87. The largest absolute Gasteiger partial charge is 0.387 e. The molecule has 0 saturated carbocycles. The highest BCUT2D eigenvalue weighted by Gasteiger charge is 2.11. The van der Waals surface area contributed by atoms with Crippen molar-refractivity contribution < 1.29 is 5.11 Å². The van der Waals surface area contributed by atoms with Gasteiger partial charge in [0, 0.05) is 31.4 Å². The Kier molecular flexibility index (Phi) is 3.93. The minimum atomic E-state index is -0.444. The van der Waals surface area contributed by atoms with Crippen LogP contribution in [0.4, 0.5) is 0 Å². The summed E-state index contributed by atoms with van der Waals surface area (Å²) in [6.07, 6.45) is 3.38. The molecule has 0 fully saturated rings. The van der Waals surface area contributed by atoms with Gasteiger partial charge in [-0.25, -0.2) is 0 Å². The average Bonchev–Trinajstić information content (AvgIpc) is 2.95. The standard InChI is InChI=1S/C12H17N3OS/c1-9(11-5-14-15(2)7-11)13-6-12(16)10-3-4-17-8-10/h3-5,7-9,12-13,16H,6H2,1-2H3. The average molecular weight is 251 g/mol. The molecule has 0 aliphatic carbocycles. The van der Waals surface area contributed by atoms with Gasteiger partial charge in [0.1, 0.15) is 0 Å². The van der Waals surface area contributed by atoms with E-state index >= 15 is 0 Å². The Morgan fingerprint density at radius 2 is 2.35 bits per heavy atom. The number of hydrogen-bond donors (Lipinski definition) is 2. The topological polar surface area (TPSA) is 50.1 Å². The SMILES string of the molecule is CC(NCC(O)c1ccsc1)c1cnn(C)c1. The summed E-state index contributed by atoms with van der Waals surface area (Å²) in [5.74, 6) is 0. The summed E-state index contributed by atoms with van der Waals surface area (Å²) < 4.78 is 1.78. The quantitative estimate of drug-likeness (QED) is 0.853. The lowest BCUT2D eigenvalue weighted by Gasteiger charge is -2.15. The van der Waals surface area contributed by atoms with E-state index in [1.165, 1.54) is 0 Å². The summed E-state index contributed by atoms with van der Waals surface area (Å²) in [6, 6.07) is 2.14. The van der Waals surface area contributed by atoms with Gasteiger partial charge in [-0.15, -0.1) is 0 Å². The van der Waals surface area contributed by atoms with Crippen LogP contribution in [-0.4, -0.2) is 21.4 Å². The molecule has 2 heterocycles. The normalized spacial score (nSPS) is 14.8. The predicted molar refractivity (Wildman–Crippen MR) is 68.9 cm³/mol. The van der Waals surface area contributed by atoms with Gasteiger partial charge in [-0.1, -0.05) is 0 Å². The Bertz CT molecular complexity index is 452. The molecule has 4 nitrogen and oxygen atoms in total. The van der Waals surface area contributed by atoms with Gasteiger partial charge >= 0.3 is 0 Å². The van der Waals surface area contributed by atoms with Crippen molar-refractivity contribution in [3.8, 4) is 0 Å². The monoisotopic (exact) mass is 251 g/mol. The summed E-state index contributed by atoms with van der Waals surface area (Å²) in [5.41, 5.74) is 2.10. The molecule has 0 amide bonds. The number of aliphatic hydroxyl groups excluding tert-OH is 1. The molecule has 0 aromatic carbocycles. The smallest absolute Gasteiger partial charge is 0.0922 e. The molecule has 0 aliphatic rings. The van der Waals surface area contributed by atoms with Crippen LogP contribution >= 0.6 is 11.3 Å². The maximum absolute atomic E-state index is 9.93. The minimum Gasteiger partial charge on any atom is -0.387 e. The molecular formula is C12H17N3OS. The van der Waals surface area contributed by atoms with Gasteiger partial charge in [-0.05, 0) is 29.3 Å². The first-order chi connectivity index (χ1) is 8.16. The van der Waals surface area contributed by atoms with E-state index in [4.69, 9.17) is 0 Å². The summed E-state index contributed by atoms with van der Waals surface area (Å²) in [5, 5.41) is 21.3. The molecule has 2 aromatic rings. The Morgan fingerprint density at radius 1 is 1.53 bits per heavy atom. The fraction of sp³-hybridized carbons (Fsp3) is 0.417. The maximum atomic E-state index is 9.93. The second kappa shape index (κ2) is 5.44. The van der Waals surface area contributed by atoms with Gasteiger partial charge in [-0.2, -0.15) is 16.4 Å². The molecule has 2 N–H and O–H groups in total. The van der Waals surface area contributed by atoms with Crippen LogP contribution < -0.4 is 5.32 Å². The molecule has 5 heteroatoms. The zero-order valence-corrected chi connectivity index (χ0v) is 10.8. The van der Waals surface area contributed by atoms with Crippen LogP contribution in [0.25, 0.3) is 0 Å². The molecule has 2 unspecified atom stereocenters. The van der Waals surface area contributed by atoms with Gasteiger partial charge in [0.2, 0.25) is 0 Å². The molecule has 0 bridgehead atoms. The van der Waals surface area contributed by atoms with E-state index in [0.717, 1.165) is 11.1 Å². The van der Waals surface area contributed by atoms with Gasteiger partial charge in [-0.3, -0.25) is 4.68 Å². The maximum Gasteiger partial charge on any atom is 0.0922 e. The number of aromatic nitrogens is 2. The summed E-state index contributed by atoms with van der Waals surface area (Å²) in [6.45, 7) is 2.62. The number of nitrogens with zero attached hydrogens (tertiary/aromatic N) is 2. The second-order valence-corrected chi connectivity index (χ2v) is 4.93. The van der Waals surface area contributed by atoms with Crippen LogP contribution in [0.3, 0.4) is 0 Å². The van der Waals surface area contributed by atoms with Crippen LogP contribution in [0.15, 0.2) is 29.2 Å². The molecular weight excluding hydrogens is 234 g/mol. The van der Waals surface area contributed by atoms with Crippen molar-refractivity contribution in [2.75, 3.05) is 6.54 Å². The van der Waals surface area contributed by atoms with Crippen LogP contribution in [-0.2, 0) is 7.05 Å². The van der Waals surface area contributed by atoms with E-state index in [9.17, 15) is 5.11 Å². The first-order valence-electron chi connectivity index (χ1n) is 5.59. The molecule has 0 saturated heterocycles. The van der Waals surface area contributed by atoms with E-state index in [1.807, 2.05) is 36.3 Å². The zero-order valence-electron chi connectivity index (χ0n) is 10.00. The third kappa shape index (κ3) is 3.15. The van der Waals surface area contributed by atoms with Crippen LogP contribution in [0.5, 0.6) is 0 Å². The molecule has 0 radical (unpaired) electrons. The van der Waals surface area contributed by atoms with Gasteiger partial charge in [0.25, 0.3) is 0 Å². The van der Waals surface area contributed by atoms with Crippen molar-refractivity contribution in [3.63, 3.8) is 0 Å². The van der Waals surface area contributed by atoms with E-state index in [0.29, 0.717) is 6.54 Å². The highest BCUT2D eigenvalue weighted by Crippen LogP contribution is 2.17. The fourth-order valence-corrected chi connectivity index (χ4v) is 2.36. The Morgan fingerprint density at radius 3 is 2.94 bits per heavy atom. The van der Waals surface area contributed by atoms with Crippen molar-refractivity contribution >= 4 is 11.3 Å². The van der Waals surface area contributed by atoms with Crippen molar-refractivity contribution in [1.82, 2.24) is 15.1 Å². The van der Waals surface area contributed by atoms with Crippen LogP contribution in [0.2, 0.25) is 0 Å². The van der Waals surface area contributed by atoms with Gasteiger partial charge in [0.15, 0.2) is 0 Å². The molecule has 2 atom stereocenters. The van der Waals surface area contributed by atoms with Gasteiger partial charge < -0.3 is 10.4 Å². The molecule has 0 aliphatic heterocycles. The number of nitrogens with one attached hydrogen (secondary N) is 1. The first-order valence-corrected chi connectivity index (χ1v) is 6.53. The van der Waals surface area contributed by atoms with Gasteiger partial charge in [0.05, 0.1) is 12.3 Å². The first kappa shape index (κ1) is 12.3. The van der Waals surface area contributed by atoms with E-state index in [-0.39, 0.29) is 6.04 Å². The third-order valence-corrected chi connectivity index (χ3v) is 3.47. The summed E-state index contributed by atoms with van der Waals surface area (Å²) >= 11 is 1.60. The van der Waals surface area contributed by atoms with Crippen molar-refractivity contribution in [1.29, 1.82) is 0 Å². The van der Waals surface area contributed by atoms with Crippen molar-refractivity contribution in [3.05, 3.63) is 40.3 Å². The highest BCUT2D eigenvalue weighted by atomic mass is 32.1. The number of hydrogen-bond acceptors (Lipinski definition) is 4. The lowest BCUT2D eigenvalue weighted by molar-refractivity contribution is 0.171. The lowest BCUT2D eigenvalue weighted by atomic mass is 10.1. The number of aryl methyl sites for hydroxylation is 1. The minimum absolute atomic E-state index is 0.192. The number of rotatable bonds is 5. The van der Waals surface area contributed by atoms with E-state index < -0.39 is 6.10 Å². The van der Waals surface area contributed by atoms with Crippen LogP contribution in [0.1, 0.15) is 30.2 Å². The van der Waals surface area contributed by atoms with Crippen molar-refractivity contribution in [2.24, 2.45) is 7.05 Å². The molecule has 17 heavy (non-hydrogen) atoms. The van der Waals surface area contributed by atoms with Crippen LogP contribution in [0, 0.1) is 0 Å². The lowest BCUT2D eigenvalue weighted by Crippen LogP contribution is -2.24. The molecule has 0 spiro atoms. The molecule has 2 rings (SSSR count). The second-order valence-electron chi connectivity index (χ2n) is 4.15. The fourth-order valence-electron chi connectivity index (χ4n) is 1.65. The number of thiophene rings is 1. The Hall–Kier alpha value is -1.17. The number of aliphatic hydroxyl groups is 1. The molecule has 92 valence electrons. The Labute approximate surface area is 105 Å². The summed E-state index contributed by atoms with van der Waals surface area (Å²) in [7, 11) is 1.90. The van der Waals surface area contributed by atoms with Crippen molar-refractivity contribution in [2.45, 2.75) is 19.1 Å². The third-order valence-electron chi connectivity index (χ3n) is 2.77. The van der Waals surface area contributed by atoms with E-state index in [2.05, 4.69) is 17.3 Å². The highest BCUT2D eigenvalue weighted by molar-refractivity contribution is 7.07. The summed E-state index contributed by atoms with van der Waals surface area (Å²) in [4.78, 5) is 0. The molecule has 2 aromatic heterocycles. The Balaban J connectivity index is 1.86. The van der Waals surface area contributed by atoms with E-state index in [1.54, 1.807) is 16.0 Å².